The number of thiophene rings is 1. The fourth-order valence-electron chi connectivity index (χ4n) is 2.96. The summed E-state index contributed by atoms with van der Waals surface area (Å²) >= 11 is 1.70. The molecule has 0 spiro atoms. The SMILES string of the molecule is CN=C(NCCCN1CCCC1C(=O)N(C)C)NCc1ccsc1.I. The van der Waals surface area contributed by atoms with Gasteiger partial charge < -0.3 is 15.5 Å². The van der Waals surface area contributed by atoms with Crippen molar-refractivity contribution in [3.8, 4) is 0 Å². The van der Waals surface area contributed by atoms with Gasteiger partial charge in [0.25, 0.3) is 0 Å². The number of hydrogen-bond donors (Lipinski definition) is 2. The van der Waals surface area contributed by atoms with Crippen molar-refractivity contribution in [2.75, 3.05) is 40.8 Å². The van der Waals surface area contributed by atoms with E-state index in [1.165, 1.54) is 5.56 Å². The van der Waals surface area contributed by atoms with Gasteiger partial charge in [0.2, 0.25) is 5.91 Å². The van der Waals surface area contributed by atoms with Gasteiger partial charge in [-0.2, -0.15) is 11.3 Å². The third-order valence-corrected chi connectivity index (χ3v) is 5.00. The summed E-state index contributed by atoms with van der Waals surface area (Å²) in [6.07, 6.45) is 3.09. The molecular formula is C17H30IN5OS. The molecule has 0 aromatic carbocycles. The lowest BCUT2D eigenvalue weighted by Crippen LogP contribution is -2.44. The molecule has 6 nitrogen and oxygen atoms in total. The van der Waals surface area contributed by atoms with Crippen molar-refractivity contribution in [1.82, 2.24) is 20.4 Å². The van der Waals surface area contributed by atoms with Gasteiger partial charge in [-0.15, -0.1) is 24.0 Å². The predicted molar refractivity (Wildman–Crippen MR) is 116 cm³/mol. The van der Waals surface area contributed by atoms with Crippen LogP contribution in [0.1, 0.15) is 24.8 Å². The first-order valence-electron chi connectivity index (χ1n) is 8.52. The molecule has 1 aromatic heterocycles. The number of guanidine groups is 1. The summed E-state index contributed by atoms with van der Waals surface area (Å²) in [6, 6.07) is 2.18. The summed E-state index contributed by atoms with van der Waals surface area (Å²) in [5.41, 5.74) is 1.27. The predicted octanol–water partition coefficient (Wildman–Crippen LogP) is 1.97. The lowest BCUT2D eigenvalue weighted by atomic mass is 10.2. The van der Waals surface area contributed by atoms with E-state index in [2.05, 4.69) is 37.4 Å². The van der Waals surface area contributed by atoms with E-state index in [1.807, 2.05) is 14.1 Å². The zero-order chi connectivity index (χ0) is 17.4. The van der Waals surface area contributed by atoms with E-state index in [9.17, 15) is 4.79 Å². The zero-order valence-corrected chi connectivity index (χ0v) is 18.5. The minimum Gasteiger partial charge on any atom is -0.356 e. The molecule has 1 aliphatic heterocycles. The Morgan fingerprint density at radius 3 is 2.88 bits per heavy atom. The van der Waals surface area contributed by atoms with E-state index in [0.717, 1.165) is 51.4 Å². The van der Waals surface area contributed by atoms with Crippen molar-refractivity contribution in [1.29, 1.82) is 0 Å². The fraction of sp³-hybridized carbons (Fsp3) is 0.647. The van der Waals surface area contributed by atoms with Gasteiger partial charge >= 0.3 is 0 Å². The zero-order valence-electron chi connectivity index (χ0n) is 15.3. The summed E-state index contributed by atoms with van der Waals surface area (Å²) < 4.78 is 0. The number of likely N-dealkylation sites (tertiary alicyclic amines) is 1. The molecule has 1 aliphatic rings. The van der Waals surface area contributed by atoms with Crippen LogP contribution in [0.15, 0.2) is 21.8 Å². The van der Waals surface area contributed by atoms with Crippen LogP contribution in [0.2, 0.25) is 0 Å². The minimum absolute atomic E-state index is 0. The highest BCUT2D eigenvalue weighted by atomic mass is 127. The number of likely N-dealkylation sites (N-methyl/N-ethyl adjacent to an activating group) is 1. The minimum atomic E-state index is 0. The summed E-state index contributed by atoms with van der Waals surface area (Å²) in [7, 11) is 5.46. The molecule has 1 saturated heterocycles. The maximum absolute atomic E-state index is 12.2. The second-order valence-corrected chi connectivity index (χ2v) is 7.04. The van der Waals surface area contributed by atoms with Crippen LogP contribution >= 0.6 is 35.3 Å². The van der Waals surface area contributed by atoms with Gasteiger partial charge in [0, 0.05) is 40.8 Å². The van der Waals surface area contributed by atoms with E-state index in [4.69, 9.17) is 0 Å². The van der Waals surface area contributed by atoms with E-state index >= 15 is 0 Å². The van der Waals surface area contributed by atoms with Gasteiger partial charge in [-0.3, -0.25) is 14.7 Å². The molecule has 0 aliphatic carbocycles. The van der Waals surface area contributed by atoms with Crippen LogP contribution in [0.25, 0.3) is 0 Å². The second kappa shape index (κ2) is 11.7. The summed E-state index contributed by atoms with van der Waals surface area (Å²) in [5, 5.41) is 10.9. The molecule has 2 N–H and O–H groups in total. The van der Waals surface area contributed by atoms with Gasteiger partial charge in [-0.05, 0) is 48.2 Å². The number of carbonyl (C=O) groups is 1. The molecule has 1 amide bonds. The van der Waals surface area contributed by atoms with Gasteiger partial charge in [0.1, 0.15) is 0 Å². The number of carbonyl (C=O) groups excluding carboxylic acids is 1. The number of nitrogens with one attached hydrogen (secondary N) is 2. The molecule has 2 heterocycles. The number of aliphatic imine (C=N–C) groups is 1. The van der Waals surface area contributed by atoms with Crippen molar-refractivity contribution < 1.29 is 4.79 Å². The number of hydrogen-bond acceptors (Lipinski definition) is 4. The standard InChI is InChI=1S/C17H29N5OS.HI/c1-18-17(20-12-14-7-11-24-13-14)19-8-5-10-22-9-4-6-15(22)16(23)21(2)3;/h7,11,13,15H,4-6,8-10,12H2,1-3H3,(H2,18,19,20);1H. The van der Waals surface area contributed by atoms with Crippen molar-refractivity contribution in [3.05, 3.63) is 22.4 Å². The second-order valence-electron chi connectivity index (χ2n) is 6.26. The van der Waals surface area contributed by atoms with Crippen LogP contribution in [0.5, 0.6) is 0 Å². The summed E-state index contributed by atoms with van der Waals surface area (Å²) in [4.78, 5) is 20.4. The Morgan fingerprint density at radius 2 is 2.24 bits per heavy atom. The number of rotatable bonds is 7. The molecule has 1 unspecified atom stereocenters. The average molecular weight is 479 g/mol. The van der Waals surface area contributed by atoms with Crippen LogP contribution in [-0.4, -0.2) is 68.5 Å². The topological polar surface area (TPSA) is 60.0 Å². The molecular weight excluding hydrogens is 449 g/mol. The Labute approximate surface area is 172 Å². The van der Waals surface area contributed by atoms with Crippen molar-refractivity contribution in [2.24, 2.45) is 4.99 Å². The Kier molecular flexibility index (Phi) is 10.4. The van der Waals surface area contributed by atoms with Crippen LogP contribution in [0.4, 0.5) is 0 Å². The highest BCUT2D eigenvalue weighted by molar-refractivity contribution is 14.0. The molecule has 142 valence electrons. The van der Waals surface area contributed by atoms with E-state index in [0.29, 0.717) is 0 Å². The van der Waals surface area contributed by atoms with E-state index in [1.54, 1.807) is 23.3 Å². The highest BCUT2D eigenvalue weighted by Crippen LogP contribution is 2.18. The van der Waals surface area contributed by atoms with Crippen LogP contribution < -0.4 is 10.6 Å². The summed E-state index contributed by atoms with van der Waals surface area (Å²) in [6.45, 7) is 3.60. The Balaban J connectivity index is 0.00000312. The van der Waals surface area contributed by atoms with Crippen molar-refractivity contribution in [3.63, 3.8) is 0 Å². The molecule has 25 heavy (non-hydrogen) atoms. The quantitative estimate of drug-likeness (QED) is 0.272. The fourth-order valence-corrected chi connectivity index (χ4v) is 3.63. The normalized spacial score (nSPS) is 17.9. The molecule has 8 heteroatoms. The smallest absolute Gasteiger partial charge is 0.239 e. The third-order valence-electron chi connectivity index (χ3n) is 4.27. The van der Waals surface area contributed by atoms with E-state index in [-0.39, 0.29) is 35.9 Å². The first kappa shape index (κ1) is 22.2. The van der Waals surface area contributed by atoms with Crippen LogP contribution in [0, 0.1) is 0 Å². The molecule has 0 radical (unpaired) electrons. The molecule has 1 aromatic rings. The lowest BCUT2D eigenvalue weighted by Gasteiger charge is -2.26. The van der Waals surface area contributed by atoms with Gasteiger partial charge in [0.15, 0.2) is 5.96 Å². The Hall–Kier alpha value is -0.870. The van der Waals surface area contributed by atoms with Crippen molar-refractivity contribution in [2.45, 2.75) is 31.8 Å². The lowest BCUT2D eigenvalue weighted by molar-refractivity contribution is -0.133. The van der Waals surface area contributed by atoms with Crippen LogP contribution in [-0.2, 0) is 11.3 Å². The van der Waals surface area contributed by atoms with Gasteiger partial charge in [-0.1, -0.05) is 0 Å². The van der Waals surface area contributed by atoms with E-state index < -0.39 is 0 Å². The summed E-state index contributed by atoms with van der Waals surface area (Å²) in [5.74, 6) is 1.05. The van der Waals surface area contributed by atoms with Gasteiger partial charge in [0.05, 0.1) is 6.04 Å². The third kappa shape index (κ3) is 7.10. The monoisotopic (exact) mass is 479 g/mol. The largest absolute Gasteiger partial charge is 0.356 e. The maximum atomic E-state index is 12.2. The highest BCUT2D eigenvalue weighted by Gasteiger charge is 2.30. The molecule has 1 fully saturated rings. The number of amides is 1. The molecule has 1 atom stereocenters. The number of nitrogens with zero attached hydrogens (tertiary/aromatic N) is 3. The Morgan fingerprint density at radius 1 is 1.44 bits per heavy atom. The molecule has 2 rings (SSSR count). The molecule has 0 bridgehead atoms. The van der Waals surface area contributed by atoms with Crippen LogP contribution in [0.3, 0.4) is 0 Å². The Bertz CT molecular complexity index is 535. The average Bonchev–Trinajstić information content (AvgIpc) is 3.24. The van der Waals surface area contributed by atoms with Gasteiger partial charge in [-0.25, -0.2) is 0 Å². The maximum Gasteiger partial charge on any atom is 0.239 e. The first-order valence-corrected chi connectivity index (χ1v) is 9.47. The van der Waals surface area contributed by atoms with Crippen molar-refractivity contribution >= 4 is 47.2 Å². The first-order chi connectivity index (χ1) is 11.6. The number of halogens is 1. The molecule has 0 saturated carbocycles.